The maximum Gasteiger partial charge on any atom is 0.257 e. The zero-order valence-electron chi connectivity index (χ0n) is 10.2. The summed E-state index contributed by atoms with van der Waals surface area (Å²) in [6, 6.07) is 7.01. The van der Waals surface area contributed by atoms with Gasteiger partial charge in [0.05, 0.1) is 18.8 Å². The van der Waals surface area contributed by atoms with Crippen molar-refractivity contribution >= 4 is 11.8 Å². The van der Waals surface area contributed by atoms with E-state index in [-0.39, 0.29) is 12.3 Å². The maximum atomic E-state index is 11.8. The lowest BCUT2D eigenvalue weighted by Gasteiger charge is -2.36. The summed E-state index contributed by atoms with van der Waals surface area (Å²) < 4.78 is 4.95. The smallest absolute Gasteiger partial charge is 0.257 e. The molecule has 0 aliphatic carbocycles. The second-order valence-electron chi connectivity index (χ2n) is 4.78. The fourth-order valence-electron chi connectivity index (χ4n) is 1.73. The van der Waals surface area contributed by atoms with Gasteiger partial charge in [-0.05, 0) is 19.1 Å². The molecule has 2 amide bonds. The van der Waals surface area contributed by atoms with Crippen LogP contribution in [0.5, 0.6) is 0 Å². The van der Waals surface area contributed by atoms with E-state index in [2.05, 4.69) is 5.32 Å². The van der Waals surface area contributed by atoms with E-state index in [4.69, 9.17) is 10.5 Å². The molecule has 1 aliphatic rings. The molecule has 2 rings (SSSR count). The molecule has 0 unspecified atom stereocenters. The van der Waals surface area contributed by atoms with Crippen LogP contribution in [0.3, 0.4) is 0 Å². The van der Waals surface area contributed by atoms with Gasteiger partial charge in [-0.1, -0.05) is 17.7 Å². The molecule has 1 aromatic rings. The summed E-state index contributed by atoms with van der Waals surface area (Å²) in [5.41, 5.74) is 6.75. The summed E-state index contributed by atoms with van der Waals surface area (Å²) >= 11 is 0. The Morgan fingerprint density at radius 3 is 2.44 bits per heavy atom. The zero-order valence-corrected chi connectivity index (χ0v) is 10.2. The minimum Gasteiger partial charge on any atom is -0.377 e. The predicted octanol–water partition coefficient (Wildman–Crippen LogP) is 0.369. The quantitative estimate of drug-likeness (QED) is 0.809. The molecule has 5 nitrogen and oxygen atoms in total. The second kappa shape index (κ2) is 4.88. The molecule has 0 aromatic heterocycles. The molecule has 96 valence electrons. The fourth-order valence-corrected chi connectivity index (χ4v) is 1.73. The number of rotatable bonds is 3. The minimum absolute atomic E-state index is 0.102. The van der Waals surface area contributed by atoms with Crippen molar-refractivity contribution in [3.63, 3.8) is 0 Å². The van der Waals surface area contributed by atoms with Crippen LogP contribution in [-0.2, 0) is 9.53 Å². The molecule has 0 bridgehead atoms. The van der Waals surface area contributed by atoms with E-state index >= 15 is 0 Å². The SMILES string of the molecule is Cc1ccc(C(=O)NC(=O)CC2(N)COC2)cc1. The van der Waals surface area contributed by atoms with Crippen LogP contribution in [-0.4, -0.2) is 30.6 Å². The number of ether oxygens (including phenoxy) is 1. The Balaban J connectivity index is 1.90. The highest BCUT2D eigenvalue weighted by Gasteiger charge is 2.36. The molecular formula is C13H16N2O3. The first-order valence-electron chi connectivity index (χ1n) is 5.76. The van der Waals surface area contributed by atoms with Crippen LogP contribution < -0.4 is 11.1 Å². The van der Waals surface area contributed by atoms with Gasteiger partial charge in [-0.25, -0.2) is 0 Å². The van der Waals surface area contributed by atoms with Gasteiger partial charge in [-0.3, -0.25) is 14.9 Å². The number of benzene rings is 1. The average molecular weight is 248 g/mol. The van der Waals surface area contributed by atoms with Crippen LogP contribution >= 0.6 is 0 Å². The molecule has 0 radical (unpaired) electrons. The molecule has 3 N–H and O–H groups in total. The fraction of sp³-hybridized carbons (Fsp3) is 0.385. The van der Waals surface area contributed by atoms with E-state index in [1.807, 2.05) is 19.1 Å². The third kappa shape index (κ3) is 2.94. The highest BCUT2D eigenvalue weighted by atomic mass is 16.5. The van der Waals surface area contributed by atoms with Gasteiger partial charge < -0.3 is 10.5 Å². The molecule has 1 saturated heterocycles. The van der Waals surface area contributed by atoms with Crippen LogP contribution in [0.15, 0.2) is 24.3 Å². The summed E-state index contributed by atoms with van der Waals surface area (Å²) in [4.78, 5) is 23.4. The topological polar surface area (TPSA) is 81.4 Å². The number of nitrogens with one attached hydrogen (secondary N) is 1. The molecule has 1 aliphatic heterocycles. The van der Waals surface area contributed by atoms with Gasteiger partial charge in [-0.15, -0.1) is 0 Å². The Morgan fingerprint density at radius 1 is 1.33 bits per heavy atom. The van der Waals surface area contributed by atoms with Crippen LogP contribution in [0.4, 0.5) is 0 Å². The van der Waals surface area contributed by atoms with Crippen molar-refractivity contribution < 1.29 is 14.3 Å². The molecule has 18 heavy (non-hydrogen) atoms. The molecule has 1 aromatic carbocycles. The van der Waals surface area contributed by atoms with Gasteiger partial charge in [0.15, 0.2) is 0 Å². The first-order chi connectivity index (χ1) is 8.48. The molecule has 1 fully saturated rings. The van der Waals surface area contributed by atoms with Crippen molar-refractivity contribution in [1.29, 1.82) is 0 Å². The van der Waals surface area contributed by atoms with E-state index in [9.17, 15) is 9.59 Å². The highest BCUT2D eigenvalue weighted by molar-refractivity contribution is 6.04. The van der Waals surface area contributed by atoms with Gasteiger partial charge in [0.2, 0.25) is 5.91 Å². The van der Waals surface area contributed by atoms with Crippen molar-refractivity contribution in [2.24, 2.45) is 5.73 Å². The molecule has 0 spiro atoms. The van der Waals surface area contributed by atoms with Crippen molar-refractivity contribution in [3.05, 3.63) is 35.4 Å². The van der Waals surface area contributed by atoms with Crippen molar-refractivity contribution in [2.75, 3.05) is 13.2 Å². The van der Waals surface area contributed by atoms with Crippen LogP contribution in [0.25, 0.3) is 0 Å². The van der Waals surface area contributed by atoms with E-state index in [0.717, 1.165) is 5.56 Å². The zero-order chi connectivity index (χ0) is 13.2. The number of imide groups is 1. The van der Waals surface area contributed by atoms with Gasteiger partial charge in [0.1, 0.15) is 0 Å². The Kier molecular flexibility index (Phi) is 3.45. The number of hydrogen-bond acceptors (Lipinski definition) is 4. The number of carbonyl (C=O) groups is 2. The maximum absolute atomic E-state index is 11.8. The first-order valence-corrected chi connectivity index (χ1v) is 5.76. The Bertz CT molecular complexity index is 464. The predicted molar refractivity (Wildman–Crippen MR) is 66.0 cm³/mol. The lowest BCUT2D eigenvalue weighted by Crippen LogP contribution is -2.59. The molecule has 5 heteroatoms. The van der Waals surface area contributed by atoms with Gasteiger partial charge in [0.25, 0.3) is 5.91 Å². The summed E-state index contributed by atoms with van der Waals surface area (Å²) in [5, 5.41) is 2.33. The minimum atomic E-state index is -0.613. The Labute approximate surface area is 105 Å². The van der Waals surface area contributed by atoms with Gasteiger partial charge in [-0.2, -0.15) is 0 Å². The van der Waals surface area contributed by atoms with E-state index in [1.165, 1.54) is 0 Å². The van der Waals surface area contributed by atoms with Crippen molar-refractivity contribution in [3.8, 4) is 0 Å². The Morgan fingerprint density at radius 2 is 1.94 bits per heavy atom. The molecule has 0 saturated carbocycles. The molecular weight excluding hydrogens is 232 g/mol. The number of aryl methyl sites for hydroxylation is 1. The monoisotopic (exact) mass is 248 g/mol. The Hall–Kier alpha value is -1.72. The molecule has 0 atom stereocenters. The number of carbonyl (C=O) groups excluding carboxylic acids is 2. The lowest BCUT2D eigenvalue weighted by atomic mass is 9.94. The van der Waals surface area contributed by atoms with Crippen molar-refractivity contribution in [1.82, 2.24) is 5.32 Å². The third-order valence-electron chi connectivity index (χ3n) is 2.86. The average Bonchev–Trinajstić information content (AvgIpc) is 2.27. The van der Waals surface area contributed by atoms with E-state index in [0.29, 0.717) is 18.8 Å². The van der Waals surface area contributed by atoms with Crippen molar-refractivity contribution in [2.45, 2.75) is 18.9 Å². The van der Waals surface area contributed by atoms with Crippen LogP contribution in [0.2, 0.25) is 0 Å². The highest BCUT2D eigenvalue weighted by Crippen LogP contribution is 2.17. The summed E-state index contributed by atoms with van der Waals surface area (Å²) in [6.45, 7) is 2.65. The number of hydrogen-bond donors (Lipinski definition) is 2. The van der Waals surface area contributed by atoms with Gasteiger partial charge >= 0.3 is 0 Å². The summed E-state index contributed by atoms with van der Waals surface area (Å²) in [5.74, 6) is -0.768. The number of nitrogens with two attached hydrogens (primary N) is 1. The van der Waals surface area contributed by atoms with Crippen LogP contribution in [0, 0.1) is 6.92 Å². The summed E-state index contributed by atoms with van der Waals surface area (Å²) in [6.07, 6.45) is 0.102. The largest absolute Gasteiger partial charge is 0.377 e. The lowest BCUT2D eigenvalue weighted by molar-refractivity contribution is -0.127. The standard InChI is InChI=1S/C13H16N2O3/c1-9-2-4-10(5-3-9)12(17)15-11(16)6-13(14)7-18-8-13/h2-5H,6-8,14H2,1H3,(H,15,16,17). The number of amides is 2. The van der Waals surface area contributed by atoms with E-state index in [1.54, 1.807) is 12.1 Å². The normalized spacial score (nSPS) is 16.8. The molecule has 1 heterocycles. The first kappa shape index (κ1) is 12.7. The second-order valence-corrected chi connectivity index (χ2v) is 4.78. The van der Waals surface area contributed by atoms with Gasteiger partial charge in [0, 0.05) is 12.0 Å². The summed E-state index contributed by atoms with van der Waals surface area (Å²) in [7, 11) is 0. The third-order valence-corrected chi connectivity index (χ3v) is 2.86. The van der Waals surface area contributed by atoms with E-state index < -0.39 is 11.4 Å². The van der Waals surface area contributed by atoms with Crippen LogP contribution in [0.1, 0.15) is 22.3 Å².